The molecule has 0 unspecified atom stereocenters. The predicted molar refractivity (Wildman–Crippen MR) is 80.8 cm³/mol. The fourth-order valence-electron chi connectivity index (χ4n) is 2.16. The normalized spacial score (nSPS) is 10.6. The zero-order valence-electron chi connectivity index (χ0n) is 10.9. The number of nitrogens with two attached hydrogens (primary N) is 1. The lowest BCUT2D eigenvalue weighted by molar-refractivity contribution is 0.301. The topological polar surface area (TPSA) is 55.5 Å². The first-order valence-corrected chi connectivity index (χ1v) is 6.42. The van der Waals surface area contributed by atoms with Crippen molar-refractivity contribution in [3.63, 3.8) is 0 Å². The largest absolute Gasteiger partial charge is 0.508 e. The minimum atomic E-state index is 0.234. The molecule has 0 aliphatic rings. The van der Waals surface area contributed by atoms with Crippen LogP contribution >= 0.6 is 0 Å². The van der Waals surface area contributed by atoms with Crippen molar-refractivity contribution in [2.24, 2.45) is 0 Å². The molecule has 3 aromatic rings. The van der Waals surface area contributed by atoms with Crippen molar-refractivity contribution >= 4 is 16.5 Å². The lowest BCUT2D eigenvalue weighted by Gasteiger charge is -2.10. The molecule has 20 heavy (non-hydrogen) atoms. The van der Waals surface area contributed by atoms with E-state index in [1.165, 1.54) is 0 Å². The first-order chi connectivity index (χ1) is 9.74. The van der Waals surface area contributed by atoms with Crippen LogP contribution in [-0.4, -0.2) is 5.11 Å². The summed E-state index contributed by atoms with van der Waals surface area (Å²) in [6.07, 6.45) is 0. The molecule has 0 spiro atoms. The number of nitrogen functional groups attached to an aromatic ring is 1. The lowest BCUT2D eigenvalue weighted by atomic mass is 10.1. The predicted octanol–water partition coefficient (Wildman–Crippen LogP) is 3.71. The molecular weight excluding hydrogens is 250 g/mol. The van der Waals surface area contributed by atoms with Gasteiger partial charge in [-0.2, -0.15) is 0 Å². The molecule has 3 heteroatoms. The molecule has 0 saturated heterocycles. The average Bonchev–Trinajstić information content (AvgIpc) is 2.46. The van der Waals surface area contributed by atoms with E-state index in [-0.39, 0.29) is 12.4 Å². The summed E-state index contributed by atoms with van der Waals surface area (Å²) in [5.74, 6) is 0.860. The quantitative estimate of drug-likeness (QED) is 0.710. The van der Waals surface area contributed by atoms with Crippen LogP contribution in [0.1, 0.15) is 5.56 Å². The van der Waals surface area contributed by atoms with Gasteiger partial charge in [-0.05, 0) is 35.0 Å². The Kier molecular flexibility index (Phi) is 3.17. The zero-order valence-corrected chi connectivity index (χ0v) is 10.9. The molecule has 0 bridgehead atoms. The number of phenolic OH excluding ortho intramolecular Hbond substituents is 1. The Hall–Kier alpha value is -2.68. The SMILES string of the molecule is Nc1ccccc1OCc1cc2ccccc2cc1O. The Labute approximate surface area is 117 Å². The van der Waals surface area contributed by atoms with Gasteiger partial charge in [0.2, 0.25) is 0 Å². The molecule has 0 aliphatic carbocycles. The fourth-order valence-corrected chi connectivity index (χ4v) is 2.16. The van der Waals surface area contributed by atoms with E-state index in [0.29, 0.717) is 11.4 Å². The Balaban J connectivity index is 1.87. The third-order valence-electron chi connectivity index (χ3n) is 3.25. The highest BCUT2D eigenvalue weighted by Gasteiger charge is 2.06. The standard InChI is InChI=1S/C17H15NO2/c18-15-7-3-4-8-17(15)20-11-14-9-12-5-1-2-6-13(12)10-16(14)19/h1-10,19H,11,18H2. The van der Waals surface area contributed by atoms with E-state index >= 15 is 0 Å². The van der Waals surface area contributed by atoms with Crippen LogP contribution in [0.25, 0.3) is 10.8 Å². The summed E-state index contributed by atoms with van der Waals surface area (Å²) in [6, 6.07) is 18.9. The van der Waals surface area contributed by atoms with Crippen molar-refractivity contribution in [1.29, 1.82) is 0 Å². The summed E-state index contributed by atoms with van der Waals surface area (Å²) >= 11 is 0. The van der Waals surface area contributed by atoms with Gasteiger partial charge < -0.3 is 15.6 Å². The highest BCUT2D eigenvalue weighted by atomic mass is 16.5. The first kappa shape index (κ1) is 12.4. The Morgan fingerprint density at radius 2 is 1.55 bits per heavy atom. The number of phenols is 1. The van der Waals surface area contributed by atoms with E-state index in [1.807, 2.05) is 48.5 Å². The number of anilines is 1. The number of fused-ring (bicyclic) bond motifs is 1. The van der Waals surface area contributed by atoms with Crippen molar-refractivity contribution in [2.45, 2.75) is 6.61 Å². The molecule has 100 valence electrons. The minimum Gasteiger partial charge on any atom is -0.508 e. The van der Waals surface area contributed by atoms with Crippen molar-refractivity contribution in [2.75, 3.05) is 5.73 Å². The highest BCUT2D eigenvalue weighted by Crippen LogP contribution is 2.27. The maximum atomic E-state index is 10.0. The van der Waals surface area contributed by atoms with Gasteiger partial charge in [0.25, 0.3) is 0 Å². The van der Waals surface area contributed by atoms with Gasteiger partial charge in [-0.1, -0.05) is 36.4 Å². The molecule has 0 atom stereocenters. The number of benzene rings is 3. The summed E-state index contributed by atoms with van der Waals surface area (Å²) in [5.41, 5.74) is 7.16. The maximum Gasteiger partial charge on any atom is 0.142 e. The molecule has 0 amide bonds. The second-order valence-corrected chi connectivity index (χ2v) is 4.65. The monoisotopic (exact) mass is 265 g/mol. The Bertz CT molecular complexity index is 753. The van der Waals surface area contributed by atoms with Gasteiger partial charge in [0.05, 0.1) is 5.69 Å². The van der Waals surface area contributed by atoms with E-state index < -0.39 is 0 Å². The van der Waals surface area contributed by atoms with Gasteiger partial charge in [0, 0.05) is 5.56 Å². The molecular formula is C17H15NO2. The third kappa shape index (κ3) is 2.38. The number of hydrogen-bond acceptors (Lipinski definition) is 3. The fraction of sp³-hybridized carbons (Fsp3) is 0.0588. The van der Waals surface area contributed by atoms with Crippen molar-refractivity contribution in [1.82, 2.24) is 0 Å². The van der Waals surface area contributed by atoms with Crippen molar-refractivity contribution < 1.29 is 9.84 Å². The summed E-state index contributed by atoms with van der Waals surface area (Å²) < 4.78 is 5.67. The van der Waals surface area contributed by atoms with Gasteiger partial charge in [0.15, 0.2) is 0 Å². The first-order valence-electron chi connectivity index (χ1n) is 6.42. The molecule has 0 aromatic heterocycles. The molecule has 3 nitrogen and oxygen atoms in total. The van der Waals surface area contributed by atoms with Crippen molar-refractivity contribution in [3.05, 3.63) is 66.2 Å². The number of hydrogen-bond donors (Lipinski definition) is 2. The molecule has 0 fully saturated rings. The van der Waals surface area contributed by atoms with Gasteiger partial charge >= 0.3 is 0 Å². The molecule has 0 saturated carbocycles. The van der Waals surface area contributed by atoms with Crippen LogP contribution in [0, 0.1) is 0 Å². The summed E-state index contributed by atoms with van der Waals surface area (Å²) in [6.45, 7) is 0.283. The van der Waals surface area contributed by atoms with Gasteiger partial charge in [-0.15, -0.1) is 0 Å². The van der Waals surface area contributed by atoms with Crippen LogP contribution in [0.15, 0.2) is 60.7 Å². The smallest absolute Gasteiger partial charge is 0.142 e. The number of rotatable bonds is 3. The van der Waals surface area contributed by atoms with E-state index in [2.05, 4.69) is 0 Å². The van der Waals surface area contributed by atoms with E-state index in [0.717, 1.165) is 16.3 Å². The van der Waals surface area contributed by atoms with Gasteiger partial charge in [-0.25, -0.2) is 0 Å². The molecule has 3 aromatic carbocycles. The van der Waals surface area contributed by atoms with Gasteiger partial charge in [-0.3, -0.25) is 0 Å². The van der Waals surface area contributed by atoms with Crippen LogP contribution in [0.2, 0.25) is 0 Å². The molecule has 0 aliphatic heterocycles. The van der Waals surface area contributed by atoms with E-state index in [1.54, 1.807) is 12.1 Å². The number of para-hydroxylation sites is 2. The Morgan fingerprint density at radius 1 is 0.900 bits per heavy atom. The third-order valence-corrected chi connectivity index (χ3v) is 3.25. The van der Waals surface area contributed by atoms with Crippen LogP contribution in [0.3, 0.4) is 0 Å². The highest BCUT2D eigenvalue weighted by molar-refractivity contribution is 5.84. The second kappa shape index (κ2) is 5.13. The molecule has 0 heterocycles. The van der Waals surface area contributed by atoms with Crippen LogP contribution in [0.5, 0.6) is 11.5 Å². The van der Waals surface area contributed by atoms with Gasteiger partial charge in [0.1, 0.15) is 18.1 Å². The molecule has 3 N–H and O–H groups in total. The van der Waals surface area contributed by atoms with Crippen LogP contribution in [0.4, 0.5) is 5.69 Å². The molecule has 0 radical (unpaired) electrons. The number of ether oxygens (including phenoxy) is 1. The average molecular weight is 265 g/mol. The van der Waals surface area contributed by atoms with Crippen LogP contribution < -0.4 is 10.5 Å². The van der Waals surface area contributed by atoms with Crippen molar-refractivity contribution in [3.8, 4) is 11.5 Å². The summed E-state index contributed by atoms with van der Waals surface area (Å²) in [5, 5.41) is 12.1. The second-order valence-electron chi connectivity index (χ2n) is 4.65. The minimum absolute atomic E-state index is 0.234. The van der Waals surface area contributed by atoms with E-state index in [9.17, 15) is 5.11 Å². The maximum absolute atomic E-state index is 10.0. The summed E-state index contributed by atoms with van der Waals surface area (Å²) in [4.78, 5) is 0. The van der Waals surface area contributed by atoms with Crippen LogP contribution in [-0.2, 0) is 6.61 Å². The zero-order chi connectivity index (χ0) is 13.9. The molecule has 3 rings (SSSR count). The van der Waals surface area contributed by atoms with E-state index in [4.69, 9.17) is 10.5 Å². The Morgan fingerprint density at radius 3 is 2.30 bits per heavy atom. The summed E-state index contributed by atoms with van der Waals surface area (Å²) in [7, 11) is 0. The number of aromatic hydroxyl groups is 1. The lowest BCUT2D eigenvalue weighted by Crippen LogP contribution is -1.99.